The number of fused-ring (bicyclic) bond motifs is 1. The number of amides is 1. The van der Waals surface area contributed by atoms with Crippen molar-refractivity contribution in [1.29, 1.82) is 0 Å². The van der Waals surface area contributed by atoms with E-state index in [1.165, 1.54) is 0 Å². The van der Waals surface area contributed by atoms with E-state index in [0.717, 1.165) is 10.0 Å². The first-order valence-electron chi connectivity index (χ1n) is 5.69. The van der Waals surface area contributed by atoms with Crippen LogP contribution in [0.3, 0.4) is 0 Å². The molecule has 0 bridgehead atoms. The lowest BCUT2D eigenvalue weighted by Crippen LogP contribution is -2.37. The lowest BCUT2D eigenvalue weighted by molar-refractivity contribution is -0.122. The summed E-state index contributed by atoms with van der Waals surface area (Å²) >= 11 is 3.43. The maximum Gasteiger partial charge on any atom is 0.236 e. The van der Waals surface area contributed by atoms with Gasteiger partial charge in [-0.05, 0) is 40.5 Å². The minimum Gasteiger partial charge on any atom is -0.486 e. The van der Waals surface area contributed by atoms with Gasteiger partial charge in [-0.25, -0.2) is 0 Å². The van der Waals surface area contributed by atoms with Crippen molar-refractivity contribution in [1.82, 2.24) is 5.32 Å². The monoisotopic (exact) mass is 314 g/mol. The summed E-state index contributed by atoms with van der Waals surface area (Å²) in [7, 11) is 0. The van der Waals surface area contributed by atoms with Crippen molar-refractivity contribution in [3.63, 3.8) is 0 Å². The minimum atomic E-state index is -0.509. The van der Waals surface area contributed by atoms with Crippen LogP contribution in [0.25, 0.3) is 0 Å². The predicted octanol–water partition coefficient (Wildman–Crippen LogP) is 1.18. The van der Waals surface area contributed by atoms with Crippen LogP contribution in [0.1, 0.15) is 12.5 Å². The van der Waals surface area contributed by atoms with E-state index >= 15 is 0 Å². The van der Waals surface area contributed by atoms with E-state index in [1.54, 1.807) is 6.92 Å². The Bertz CT molecular complexity index is 463. The van der Waals surface area contributed by atoms with E-state index in [1.807, 2.05) is 12.1 Å². The first-order chi connectivity index (χ1) is 8.58. The van der Waals surface area contributed by atoms with Crippen LogP contribution in [0.5, 0.6) is 11.5 Å². The Balaban J connectivity index is 2.10. The second-order valence-electron chi connectivity index (χ2n) is 4.11. The normalized spacial score (nSPS) is 15.1. The van der Waals surface area contributed by atoms with Gasteiger partial charge in [-0.15, -0.1) is 0 Å². The summed E-state index contributed by atoms with van der Waals surface area (Å²) in [4.78, 5) is 11.4. The highest BCUT2D eigenvalue weighted by Crippen LogP contribution is 2.38. The molecule has 1 heterocycles. The number of hydrogen-bond acceptors (Lipinski definition) is 4. The van der Waals surface area contributed by atoms with Gasteiger partial charge in [0.1, 0.15) is 13.2 Å². The second kappa shape index (κ2) is 5.58. The van der Waals surface area contributed by atoms with Crippen molar-refractivity contribution in [3.05, 3.63) is 22.2 Å². The molecule has 0 fully saturated rings. The van der Waals surface area contributed by atoms with Crippen LogP contribution in [0, 0.1) is 0 Å². The van der Waals surface area contributed by atoms with Crippen LogP contribution in [-0.2, 0) is 11.3 Å². The standard InChI is InChI=1S/C12H15BrN2O3/c1-7(14)12(16)15-6-8-4-9(13)11-10(5-8)17-2-3-18-11/h4-5,7H,2-3,6,14H2,1H3,(H,15,16)/t7-/m1/s1. The molecule has 5 nitrogen and oxygen atoms in total. The SMILES string of the molecule is C[C@@H](N)C(=O)NCc1cc(Br)c2c(c1)OCCO2. The van der Waals surface area contributed by atoms with E-state index in [-0.39, 0.29) is 5.91 Å². The molecule has 0 spiro atoms. The minimum absolute atomic E-state index is 0.180. The summed E-state index contributed by atoms with van der Waals surface area (Å²) in [5, 5.41) is 2.75. The number of ether oxygens (including phenoxy) is 2. The topological polar surface area (TPSA) is 73.6 Å². The van der Waals surface area contributed by atoms with Gasteiger partial charge in [-0.1, -0.05) is 0 Å². The van der Waals surface area contributed by atoms with Gasteiger partial charge in [0.05, 0.1) is 10.5 Å². The third-order valence-electron chi connectivity index (χ3n) is 2.54. The molecule has 0 unspecified atom stereocenters. The molecule has 1 aromatic carbocycles. The van der Waals surface area contributed by atoms with E-state index < -0.39 is 6.04 Å². The van der Waals surface area contributed by atoms with Crippen LogP contribution in [-0.4, -0.2) is 25.2 Å². The van der Waals surface area contributed by atoms with Gasteiger partial charge in [-0.3, -0.25) is 4.79 Å². The molecule has 3 N–H and O–H groups in total. The number of carbonyl (C=O) groups is 1. The maximum atomic E-state index is 11.4. The van der Waals surface area contributed by atoms with Crippen molar-refractivity contribution in [3.8, 4) is 11.5 Å². The molecule has 0 radical (unpaired) electrons. The molecule has 18 heavy (non-hydrogen) atoms. The van der Waals surface area contributed by atoms with Gasteiger partial charge in [0.2, 0.25) is 5.91 Å². The summed E-state index contributed by atoms with van der Waals surface area (Å²) in [5.41, 5.74) is 6.41. The number of rotatable bonds is 3. The Morgan fingerprint density at radius 3 is 2.94 bits per heavy atom. The Labute approximate surface area is 114 Å². The highest BCUT2D eigenvalue weighted by atomic mass is 79.9. The smallest absolute Gasteiger partial charge is 0.236 e. The predicted molar refractivity (Wildman–Crippen MR) is 70.6 cm³/mol. The number of carbonyl (C=O) groups excluding carboxylic acids is 1. The van der Waals surface area contributed by atoms with E-state index in [9.17, 15) is 4.79 Å². The quantitative estimate of drug-likeness (QED) is 0.878. The van der Waals surface area contributed by atoms with Crippen LogP contribution >= 0.6 is 15.9 Å². The molecule has 6 heteroatoms. The Kier molecular flexibility index (Phi) is 4.08. The van der Waals surface area contributed by atoms with E-state index in [4.69, 9.17) is 15.2 Å². The van der Waals surface area contributed by atoms with Gasteiger partial charge in [0.25, 0.3) is 0 Å². The summed E-state index contributed by atoms with van der Waals surface area (Å²) in [6.45, 7) is 3.14. The molecule has 1 aliphatic heterocycles. The Morgan fingerprint density at radius 1 is 1.50 bits per heavy atom. The zero-order valence-corrected chi connectivity index (χ0v) is 11.6. The molecule has 1 amide bonds. The molecule has 0 saturated heterocycles. The zero-order valence-electron chi connectivity index (χ0n) is 10.0. The van der Waals surface area contributed by atoms with Gasteiger partial charge in [0.15, 0.2) is 11.5 Å². The van der Waals surface area contributed by atoms with Gasteiger partial charge < -0.3 is 20.5 Å². The third-order valence-corrected chi connectivity index (χ3v) is 3.13. The number of nitrogens with two attached hydrogens (primary N) is 1. The fourth-order valence-corrected chi connectivity index (χ4v) is 2.22. The van der Waals surface area contributed by atoms with Crippen molar-refractivity contribution >= 4 is 21.8 Å². The molecule has 0 saturated carbocycles. The first kappa shape index (κ1) is 13.2. The van der Waals surface area contributed by atoms with Crippen LogP contribution in [0.2, 0.25) is 0 Å². The first-order valence-corrected chi connectivity index (χ1v) is 6.48. The van der Waals surface area contributed by atoms with E-state index in [2.05, 4.69) is 21.2 Å². The highest BCUT2D eigenvalue weighted by Gasteiger charge is 2.16. The number of benzene rings is 1. The fraction of sp³-hybridized carbons (Fsp3) is 0.417. The Hall–Kier alpha value is -1.27. The van der Waals surface area contributed by atoms with Crippen molar-refractivity contribution in [2.75, 3.05) is 13.2 Å². The summed E-state index contributed by atoms with van der Waals surface area (Å²) in [5.74, 6) is 1.23. The van der Waals surface area contributed by atoms with Crippen molar-refractivity contribution in [2.45, 2.75) is 19.5 Å². The van der Waals surface area contributed by atoms with Crippen molar-refractivity contribution < 1.29 is 14.3 Å². The molecular formula is C12H15BrN2O3. The van der Waals surface area contributed by atoms with Crippen LogP contribution in [0.15, 0.2) is 16.6 Å². The molecule has 1 atom stereocenters. The fourth-order valence-electron chi connectivity index (χ4n) is 1.62. The summed E-state index contributed by atoms with van der Waals surface area (Å²) in [6.07, 6.45) is 0. The molecular weight excluding hydrogens is 300 g/mol. The molecule has 98 valence electrons. The second-order valence-corrected chi connectivity index (χ2v) is 4.96. The largest absolute Gasteiger partial charge is 0.486 e. The average Bonchev–Trinajstić information content (AvgIpc) is 2.36. The van der Waals surface area contributed by atoms with E-state index in [0.29, 0.717) is 31.3 Å². The van der Waals surface area contributed by atoms with Gasteiger partial charge in [0, 0.05) is 6.54 Å². The average molecular weight is 315 g/mol. The third kappa shape index (κ3) is 2.94. The lowest BCUT2D eigenvalue weighted by atomic mass is 10.2. The molecule has 2 rings (SSSR count). The van der Waals surface area contributed by atoms with Crippen LogP contribution in [0.4, 0.5) is 0 Å². The van der Waals surface area contributed by atoms with Gasteiger partial charge in [-0.2, -0.15) is 0 Å². The highest BCUT2D eigenvalue weighted by molar-refractivity contribution is 9.10. The molecule has 1 aromatic rings. The number of halogens is 1. The Morgan fingerprint density at radius 2 is 2.22 bits per heavy atom. The lowest BCUT2D eigenvalue weighted by Gasteiger charge is -2.20. The number of hydrogen-bond donors (Lipinski definition) is 2. The maximum absolute atomic E-state index is 11.4. The van der Waals surface area contributed by atoms with Gasteiger partial charge >= 0.3 is 0 Å². The molecule has 1 aliphatic rings. The van der Waals surface area contributed by atoms with Crippen LogP contribution < -0.4 is 20.5 Å². The zero-order chi connectivity index (χ0) is 13.1. The summed E-state index contributed by atoms with van der Waals surface area (Å²) in [6, 6.07) is 3.25. The molecule has 0 aliphatic carbocycles. The number of nitrogens with one attached hydrogen (secondary N) is 1. The molecule has 0 aromatic heterocycles. The summed E-state index contributed by atoms with van der Waals surface area (Å²) < 4.78 is 11.8. The van der Waals surface area contributed by atoms with Crippen molar-refractivity contribution in [2.24, 2.45) is 5.73 Å².